The zero-order chi connectivity index (χ0) is 17.3. The molecule has 2 aliphatic rings. The summed E-state index contributed by atoms with van der Waals surface area (Å²) in [5.74, 6) is -0.115. The molecule has 0 radical (unpaired) electrons. The summed E-state index contributed by atoms with van der Waals surface area (Å²) in [6, 6.07) is -0.256. The molecule has 0 unspecified atom stereocenters. The highest BCUT2D eigenvalue weighted by Gasteiger charge is 2.42. The Morgan fingerprint density at radius 1 is 1.21 bits per heavy atom. The van der Waals surface area contributed by atoms with Crippen LogP contribution in [0.2, 0.25) is 0 Å². The molecular formula is C13H16F3N3O5. The van der Waals surface area contributed by atoms with Gasteiger partial charge in [0, 0.05) is 12.8 Å². The van der Waals surface area contributed by atoms with E-state index in [2.05, 4.69) is 20.3 Å². The number of hydrogen-bond acceptors (Lipinski definition) is 7. The molecule has 1 amide bonds. The third-order valence-corrected chi connectivity index (χ3v) is 3.71. The fraction of sp³-hybridized carbons (Fsp3) is 0.769. The lowest BCUT2D eigenvalue weighted by molar-refractivity contribution is -0.352. The molecule has 1 aromatic rings. The van der Waals surface area contributed by atoms with Crippen LogP contribution < -0.4 is 5.32 Å². The van der Waals surface area contributed by atoms with Gasteiger partial charge in [-0.05, 0) is 12.8 Å². The Morgan fingerprint density at radius 2 is 1.83 bits per heavy atom. The standard InChI is InChI=1S/C13H16F3N3O5/c1-6(20)17-8-4-21-12(22-5-8)11-19-18-10(23-11)7-2-9(3-7)24-13(14,15)16/h7-9,12H,2-5H2,1H3,(H,17,20). The number of carbonyl (C=O) groups is 1. The maximum absolute atomic E-state index is 12.1. The van der Waals surface area contributed by atoms with Crippen LogP contribution >= 0.6 is 0 Å². The number of aromatic nitrogens is 2. The molecule has 1 aliphatic heterocycles. The smallest absolute Gasteiger partial charge is 0.420 e. The van der Waals surface area contributed by atoms with Crippen molar-refractivity contribution in [2.45, 2.75) is 50.5 Å². The summed E-state index contributed by atoms with van der Waals surface area (Å²) in [6.07, 6.45) is -6.04. The number of rotatable bonds is 4. The molecule has 0 bridgehead atoms. The summed E-state index contributed by atoms with van der Waals surface area (Å²) in [5.41, 5.74) is 0. The molecule has 3 rings (SSSR count). The van der Waals surface area contributed by atoms with Crippen LogP contribution in [0.15, 0.2) is 4.42 Å². The van der Waals surface area contributed by atoms with E-state index >= 15 is 0 Å². The SMILES string of the molecule is CC(=O)NC1COC(c2nnc(C3CC(OC(F)(F)F)C3)o2)OC1. The van der Waals surface area contributed by atoms with Crippen LogP contribution in [-0.4, -0.2) is 47.8 Å². The predicted octanol–water partition coefficient (Wildman–Crippen LogP) is 1.40. The molecule has 2 heterocycles. The van der Waals surface area contributed by atoms with Gasteiger partial charge in [0.25, 0.3) is 5.89 Å². The molecular weight excluding hydrogens is 335 g/mol. The van der Waals surface area contributed by atoms with Crippen LogP contribution in [0.3, 0.4) is 0 Å². The first-order valence-electron chi connectivity index (χ1n) is 7.38. The quantitative estimate of drug-likeness (QED) is 0.876. The Balaban J connectivity index is 1.48. The molecule has 2 fully saturated rings. The van der Waals surface area contributed by atoms with Gasteiger partial charge in [-0.25, -0.2) is 0 Å². The minimum atomic E-state index is -4.64. The third kappa shape index (κ3) is 4.22. The lowest BCUT2D eigenvalue weighted by atomic mass is 9.82. The van der Waals surface area contributed by atoms with Crippen LogP contribution in [0, 0.1) is 0 Å². The van der Waals surface area contributed by atoms with E-state index in [4.69, 9.17) is 13.9 Å². The molecule has 1 aromatic heterocycles. The van der Waals surface area contributed by atoms with Gasteiger partial charge in [-0.2, -0.15) is 0 Å². The monoisotopic (exact) mass is 351 g/mol. The third-order valence-electron chi connectivity index (χ3n) is 3.71. The molecule has 1 aliphatic carbocycles. The van der Waals surface area contributed by atoms with Crippen molar-refractivity contribution >= 4 is 5.91 Å². The fourth-order valence-corrected chi connectivity index (χ4v) is 2.58. The van der Waals surface area contributed by atoms with Crippen molar-refractivity contribution in [1.82, 2.24) is 15.5 Å². The number of alkyl halides is 3. The predicted molar refractivity (Wildman–Crippen MR) is 69.5 cm³/mol. The van der Waals surface area contributed by atoms with Gasteiger partial charge < -0.3 is 19.2 Å². The fourth-order valence-electron chi connectivity index (χ4n) is 2.58. The molecule has 0 spiro atoms. The van der Waals surface area contributed by atoms with Gasteiger partial charge in [-0.15, -0.1) is 23.4 Å². The maximum Gasteiger partial charge on any atom is 0.522 e. The Bertz CT molecular complexity index is 580. The summed E-state index contributed by atoms with van der Waals surface area (Å²) >= 11 is 0. The van der Waals surface area contributed by atoms with Gasteiger partial charge in [0.1, 0.15) is 0 Å². The normalized spacial score (nSPS) is 30.7. The number of ether oxygens (including phenoxy) is 3. The molecule has 134 valence electrons. The second-order valence-corrected chi connectivity index (χ2v) is 5.73. The maximum atomic E-state index is 12.1. The van der Waals surface area contributed by atoms with Crippen LogP contribution in [0.5, 0.6) is 0 Å². The van der Waals surface area contributed by atoms with Gasteiger partial charge in [0.2, 0.25) is 18.1 Å². The first-order valence-corrected chi connectivity index (χ1v) is 7.38. The number of hydrogen-bond donors (Lipinski definition) is 1. The highest BCUT2D eigenvalue weighted by Crippen LogP contribution is 2.41. The van der Waals surface area contributed by atoms with E-state index in [1.165, 1.54) is 6.92 Å². The number of halogens is 3. The Hall–Kier alpha value is -1.72. The number of amides is 1. The topological polar surface area (TPSA) is 95.7 Å². The lowest BCUT2D eigenvalue weighted by Crippen LogP contribution is -2.44. The van der Waals surface area contributed by atoms with Gasteiger partial charge in [-0.3, -0.25) is 9.53 Å². The second-order valence-electron chi connectivity index (χ2n) is 5.73. The van der Waals surface area contributed by atoms with Crippen LogP contribution in [-0.2, 0) is 19.0 Å². The van der Waals surface area contributed by atoms with Gasteiger partial charge in [-0.1, -0.05) is 0 Å². The second kappa shape index (κ2) is 6.65. The van der Waals surface area contributed by atoms with Crippen molar-refractivity contribution in [3.8, 4) is 0 Å². The summed E-state index contributed by atoms with van der Waals surface area (Å²) < 4.78 is 56.4. The average molecular weight is 351 g/mol. The summed E-state index contributed by atoms with van der Waals surface area (Å²) in [4.78, 5) is 11.0. The van der Waals surface area contributed by atoms with Crippen molar-refractivity contribution in [3.05, 3.63) is 11.8 Å². The largest absolute Gasteiger partial charge is 0.522 e. The zero-order valence-corrected chi connectivity index (χ0v) is 12.7. The molecule has 1 N–H and O–H groups in total. The van der Waals surface area contributed by atoms with Crippen molar-refractivity contribution in [1.29, 1.82) is 0 Å². The average Bonchev–Trinajstić information content (AvgIpc) is 2.91. The Morgan fingerprint density at radius 3 is 2.42 bits per heavy atom. The van der Waals surface area contributed by atoms with Crippen molar-refractivity contribution < 1.29 is 36.6 Å². The minimum Gasteiger partial charge on any atom is -0.420 e. The van der Waals surface area contributed by atoms with Gasteiger partial charge >= 0.3 is 6.36 Å². The Labute approximate surface area is 134 Å². The first kappa shape index (κ1) is 17.1. The van der Waals surface area contributed by atoms with Crippen molar-refractivity contribution in [2.24, 2.45) is 0 Å². The molecule has 24 heavy (non-hydrogen) atoms. The lowest BCUT2D eigenvalue weighted by Gasteiger charge is -2.32. The first-order chi connectivity index (χ1) is 11.3. The number of carbonyl (C=O) groups excluding carboxylic acids is 1. The van der Waals surface area contributed by atoms with Gasteiger partial charge in [0.05, 0.1) is 25.4 Å². The van der Waals surface area contributed by atoms with E-state index in [9.17, 15) is 18.0 Å². The van der Waals surface area contributed by atoms with Crippen LogP contribution in [0.25, 0.3) is 0 Å². The van der Waals surface area contributed by atoms with E-state index in [-0.39, 0.29) is 55.7 Å². The highest BCUT2D eigenvalue weighted by atomic mass is 19.4. The van der Waals surface area contributed by atoms with Crippen LogP contribution in [0.4, 0.5) is 13.2 Å². The van der Waals surface area contributed by atoms with E-state index in [0.717, 1.165) is 0 Å². The zero-order valence-electron chi connectivity index (χ0n) is 12.7. The van der Waals surface area contributed by atoms with Crippen molar-refractivity contribution in [3.63, 3.8) is 0 Å². The highest BCUT2D eigenvalue weighted by molar-refractivity contribution is 5.73. The molecule has 11 heteroatoms. The Kier molecular flexibility index (Phi) is 4.74. The molecule has 0 atom stereocenters. The van der Waals surface area contributed by atoms with E-state index in [1.54, 1.807) is 0 Å². The number of nitrogens with one attached hydrogen (secondary N) is 1. The summed E-state index contributed by atoms with van der Waals surface area (Å²) in [7, 11) is 0. The van der Waals surface area contributed by atoms with Gasteiger partial charge in [0.15, 0.2) is 0 Å². The molecule has 8 nitrogen and oxygen atoms in total. The number of nitrogens with zero attached hydrogens (tertiary/aromatic N) is 2. The van der Waals surface area contributed by atoms with Crippen molar-refractivity contribution in [2.75, 3.05) is 13.2 Å². The summed E-state index contributed by atoms with van der Waals surface area (Å²) in [6.45, 7) is 1.85. The molecule has 0 aromatic carbocycles. The summed E-state index contributed by atoms with van der Waals surface area (Å²) in [5, 5.41) is 10.3. The minimum absolute atomic E-state index is 0.103. The van der Waals surface area contributed by atoms with Crippen LogP contribution in [0.1, 0.15) is 43.8 Å². The molecule has 1 saturated carbocycles. The van der Waals surface area contributed by atoms with E-state index < -0.39 is 18.8 Å². The molecule has 1 saturated heterocycles. The van der Waals surface area contributed by atoms with E-state index in [1.807, 2.05) is 0 Å². The van der Waals surface area contributed by atoms with E-state index in [0.29, 0.717) is 0 Å².